The molecule has 3 heterocycles. The number of anilines is 1. The number of aryl methyl sites for hydroxylation is 1. The Hall–Kier alpha value is -5.51. The fourth-order valence-electron chi connectivity index (χ4n) is 7.56. The number of halogens is 5. The van der Waals surface area contributed by atoms with E-state index in [1.165, 1.54) is 37.7 Å². The van der Waals surface area contributed by atoms with Gasteiger partial charge in [-0.1, -0.05) is 23.6 Å². The fourth-order valence-corrected chi connectivity index (χ4v) is 8.30. The van der Waals surface area contributed by atoms with Gasteiger partial charge in [-0.05, 0) is 80.8 Å². The van der Waals surface area contributed by atoms with Gasteiger partial charge in [-0.3, -0.25) is 18.9 Å². The molecule has 0 saturated heterocycles. The molecular weight excluding hydrogens is 794 g/mol. The number of sulfonamides is 1. The van der Waals surface area contributed by atoms with E-state index < -0.39 is 80.9 Å². The number of amides is 1. The Morgan fingerprint density at radius 2 is 1.77 bits per heavy atom. The number of hydrogen-bond donors (Lipinski definition) is 4. The highest BCUT2D eigenvalue weighted by Crippen LogP contribution is 2.62. The Morgan fingerprint density at radius 3 is 2.39 bits per heavy atom. The molecule has 1 fully saturated rings. The average molecular weight is 828 g/mol. The molecule has 7 rings (SSSR count). The summed E-state index contributed by atoms with van der Waals surface area (Å²) in [6.45, 7) is 2.05. The molecule has 3 aromatic heterocycles. The lowest BCUT2D eigenvalue weighted by atomic mass is 9.73. The zero-order valence-corrected chi connectivity index (χ0v) is 32.2. The number of nitrogens with zero attached hydrogens (tertiary/aromatic N) is 5. The standard InChI is InChI=1S/C38H34ClF4N7O6S/c1-37(2,54)12-11-21-5-6-22(23-8-10-26(39)30-33(23)49(3)47-35(30)48-57(4,55)56)31(44-21)27(15-18-13-19(40)16-20(41)14-18)45-28(51)17-50-34-29(32(46-50)36(52)53)24-7-9-25(24)38(34,42)43/h5-6,8,10,13-14,16,24-25,27,54H,7,9,15,17H2,1-4H3,(H,45,51)(H,47,48)(H,52,53)/t24-,25+,27-/m0/s1. The Kier molecular flexibility index (Phi) is 9.86. The summed E-state index contributed by atoms with van der Waals surface area (Å²) in [6.07, 6.45) is 1.14. The molecule has 2 aliphatic carbocycles. The van der Waals surface area contributed by atoms with Crippen molar-refractivity contribution in [1.29, 1.82) is 0 Å². The molecule has 57 heavy (non-hydrogen) atoms. The number of alkyl halides is 2. The highest BCUT2D eigenvalue weighted by Gasteiger charge is 2.62. The number of rotatable bonds is 10. The van der Waals surface area contributed by atoms with Crippen LogP contribution in [0.15, 0.2) is 42.5 Å². The lowest BCUT2D eigenvalue weighted by Gasteiger charge is -2.34. The molecule has 2 aromatic carbocycles. The minimum Gasteiger partial charge on any atom is -0.476 e. The number of carbonyl (C=O) groups excluding carboxylic acids is 1. The molecule has 0 spiro atoms. The first-order chi connectivity index (χ1) is 26.6. The number of hydrogen-bond acceptors (Lipinski definition) is 8. The van der Waals surface area contributed by atoms with E-state index in [9.17, 15) is 37.0 Å². The number of carboxylic acid groups (broad SMARTS) is 1. The highest BCUT2D eigenvalue weighted by molar-refractivity contribution is 7.92. The van der Waals surface area contributed by atoms with Gasteiger partial charge in [-0.2, -0.15) is 19.0 Å². The molecule has 1 saturated carbocycles. The van der Waals surface area contributed by atoms with Gasteiger partial charge >= 0.3 is 5.97 Å². The van der Waals surface area contributed by atoms with Gasteiger partial charge in [-0.25, -0.2) is 27.0 Å². The van der Waals surface area contributed by atoms with Gasteiger partial charge in [-0.15, -0.1) is 0 Å². The third-order valence-electron chi connectivity index (χ3n) is 9.87. The third-order valence-corrected chi connectivity index (χ3v) is 10.7. The lowest BCUT2D eigenvalue weighted by Crippen LogP contribution is -2.36. The lowest BCUT2D eigenvalue weighted by molar-refractivity contribution is -0.123. The Balaban J connectivity index is 1.39. The summed E-state index contributed by atoms with van der Waals surface area (Å²) in [7, 11) is -2.28. The second-order valence-corrected chi connectivity index (χ2v) is 16.8. The molecular formula is C38H34ClF4N7O6S. The van der Waals surface area contributed by atoms with Gasteiger partial charge in [0.2, 0.25) is 15.9 Å². The minimum absolute atomic E-state index is 0.0540. The molecule has 13 nitrogen and oxygen atoms in total. The van der Waals surface area contributed by atoms with E-state index in [1.54, 1.807) is 12.1 Å². The predicted octanol–water partition coefficient (Wildman–Crippen LogP) is 5.65. The molecule has 3 atom stereocenters. The molecule has 0 unspecified atom stereocenters. The summed E-state index contributed by atoms with van der Waals surface area (Å²) in [6, 6.07) is 7.64. The second kappa shape index (κ2) is 14.1. The highest BCUT2D eigenvalue weighted by atomic mass is 35.5. The molecule has 0 bridgehead atoms. The van der Waals surface area contributed by atoms with Crippen molar-refractivity contribution in [1.82, 2.24) is 29.9 Å². The van der Waals surface area contributed by atoms with Gasteiger partial charge < -0.3 is 15.5 Å². The van der Waals surface area contributed by atoms with Gasteiger partial charge in [0, 0.05) is 35.7 Å². The summed E-state index contributed by atoms with van der Waals surface area (Å²) in [4.78, 5) is 30.9. The summed E-state index contributed by atoms with van der Waals surface area (Å²) >= 11 is 6.59. The predicted molar refractivity (Wildman–Crippen MR) is 200 cm³/mol. The number of aromatic nitrogens is 5. The van der Waals surface area contributed by atoms with Crippen LogP contribution < -0.4 is 10.0 Å². The van der Waals surface area contributed by atoms with Crippen molar-refractivity contribution >= 4 is 50.2 Å². The topological polar surface area (TPSA) is 181 Å². The van der Waals surface area contributed by atoms with Crippen LogP contribution >= 0.6 is 11.6 Å². The monoisotopic (exact) mass is 827 g/mol. The van der Waals surface area contributed by atoms with Crippen molar-refractivity contribution in [3.8, 4) is 23.0 Å². The van der Waals surface area contributed by atoms with Crippen molar-refractivity contribution < 1.29 is 45.8 Å². The molecule has 0 radical (unpaired) electrons. The summed E-state index contributed by atoms with van der Waals surface area (Å²) in [5, 5.41) is 31.5. The van der Waals surface area contributed by atoms with Crippen molar-refractivity contribution in [2.75, 3.05) is 11.0 Å². The average Bonchev–Trinajstić information content (AvgIpc) is 3.63. The van der Waals surface area contributed by atoms with Gasteiger partial charge in [0.05, 0.1) is 33.9 Å². The van der Waals surface area contributed by atoms with Crippen molar-refractivity contribution in [2.45, 2.75) is 63.1 Å². The quantitative estimate of drug-likeness (QED) is 0.102. The summed E-state index contributed by atoms with van der Waals surface area (Å²) in [5.74, 6) is -4.21. The summed E-state index contributed by atoms with van der Waals surface area (Å²) in [5.41, 5.74) is -1.57. The maximum atomic E-state index is 15.7. The van der Waals surface area contributed by atoms with Crippen LogP contribution in [0.5, 0.6) is 0 Å². The largest absolute Gasteiger partial charge is 0.476 e. The summed E-state index contributed by atoms with van der Waals surface area (Å²) < 4.78 is 89.4. The van der Waals surface area contributed by atoms with E-state index >= 15 is 8.78 Å². The molecule has 298 valence electrons. The minimum atomic E-state index is -3.82. The van der Waals surface area contributed by atoms with E-state index in [2.05, 4.69) is 32.1 Å². The maximum Gasteiger partial charge on any atom is 0.356 e. The maximum absolute atomic E-state index is 15.7. The van der Waals surface area contributed by atoms with Gasteiger partial charge in [0.25, 0.3) is 5.92 Å². The van der Waals surface area contributed by atoms with E-state index in [4.69, 9.17) is 16.6 Å². The number of nitrogens with one attached hydrogen (secondary N) is 2. The SMILES string of the molecule is Cn1nc(NS(C)(=O)=O)c2c(Cl)ccc(-c3ccc(C#CC(C)(C)O)nc3[C@H](Cc3cc(F)cc(F)c3)NC(=O)Cn3nc(C(=O)O)c4c3C(F)(F)[C@@H]3CC[C@H]43)c21. The zero-order valence-electron chi connectivity index (χ0n) is 30.7. The van der Waals surface area contributed by atoms with E-state index in [-0.39, 0.29) is 57.1 Å². The third kappa shape index (κ3) is 7.66. The molecule has 2 aliphatic rings. The molecule has 5 aromatic rings. The number of carbonyl (C=O) groups is 2. The first-order valence-electron chi connectivity index (χ1n) is 17.5. The van der Waals surface area contributed by atoms with Crippen LogP contribution in [-0.2, 0) is 40.8 Å². The molecule has 0 aliphatic heterocycles. The van der Waals surface area contributed by atoms with Crippen LogP contribution in [0.2, 0.25) is 5.02 Å². The number of aliphatic hydroxyl groups is 1. The van der Waals surface area contributed by atoms with Crippen LogP contribution in [0.25, 0.3) is 22.0 Å². The van der Waals surface area contributed by atoms with E-state index in [0.29, 0.717) is 28.2 Å². The van der Waals surface area contributed by atoms with Crippen LogP contribution in [0.4, 0.5) is 23.4 Å². The molecule has 1 amide bonds. The Labute approximate surface area is 328 Å². The van der Waals surface area contributed by atoms with Crippen molar-refractivity contribution in [2.24, 2.45) is 13.0 Å². The van der Waals surface area contributed by atoms with Gasteiger partial charge in [0.1, 0.15) is 35.2 Å². The van der Waals surface area contributed by atoms with E-state index in [0.717, 1.165) is 18.4 Å². The number of pyridine rings is 1. The number of benzene rings is 2. The van der Waals surface area contributed by atoms with Crippen molar-refractivity contribution in [3.63, 3.8) is 0 Å². The van der Waals surface area contributed by atoms with Crippen LogP contribution in [0.1, 0.15) is 77.3 Å². The Morgan fingerprint density at radius 1 is 1.09 bits per heavy atom. The molecule has 4 N–H and O–H groups in total. The Bertz CT molecular complexity index is 2660. The van der Waals surface area contributed by atoms with Crippen LogP contribution in [0.3, 0.4) is 0 Å². The number of carboxylic acids is 1. The number of fused-ring (bicyclic) bond motifs is 4. The first kappa shape index (κ1) is 39.7. The first-order valence-corrected chi connectivity index (χ1v) is 19.7. The normalized spacial score (nSPS) is 17.6. The smallest absolute Gasteiger partial charge is 0.356 e. The second-order valence-electron chi connectivity index (χ2n) is 14.7. The van der Waals surface area contributed by atoms with Crippen LogP contribution in [0, 0.1) is 29.4 Å². The van der Waals surface area contributed by atoms with Gasteiger partial charge in [0.15, 0.2) is 11.5 Å². The van der Waals surface area contributed by atoms with Crippen LogP contribution in [-0.4, -0.2) is 66.9 Å². The zero-order chi connectivity index (χ0) is 41.4. The molecule has 19 heteroatoms. The fraction of sp³-hybridized carbons (Fsp3) is 0.342. The number of aromatic carboxylic acids is 1. The van der Waals surface area contributed by atoms with Crippen molar-refractivity contribution in [3.05, 3.63) is 93.0 Å². The van der Waals surface area contributed by atoms with E-state index in [1.807, 2.05) is 0 Å².